The molecule has 1 heterocycles. The van der Waals surface area contributed by atoms with Crippen LogP contribution in [0.5, 0.6) is 0 Å². The Hall–Kier alpha value is -1.00. The SMILES string of the molecule is CN(Cc1cccnc1C(N)=S)CC1CCC1. The quantitative estimate of drug-likeness (QED) is 0.810. The Morgan fingerprint density at radius 2 is 2.35 bits per heavy atom. The van der Waals surface area contributed by atoms with E-state index in [1.165, 1.54) is 19.3 Å². The number of thiocarbonyl (C=S) groups is 1. The molecule has 0 amide bonds. The molecular weight excluding hydrogens is 230 g/mol. The molecule has 0 bridgehead atoms. The summed E-state index contributed by atoms with van der Waals surface area (Å²) in [6.45, 7) is 2.03. The second-order valence-electron chi connectivity index (χ2n) is 4.87. The van der Waals surface area contributed by atoms with Gasteiger partial charge in [0.25, 0.3) is 0 Å². The van der Waals surface area contributed by atoms with Crippen LogP contribution in [0.2, 0.25) is 0 Å². The zero-order valence-electron chi connectivity index (χ0n) is 10.2. The molecule has 0 unspecified atom stereocenters. The van der Waals surface area contributed by atoms with Gasteiger partial charge in [0.1, 0.15) is 10.7 Å². The van der Waals surface area contributed by atoms with Gasteiger partial charge in [-0.05, 0) is 37.4 Å². The summed E-state index contributed by atoms with van der Waals surface area (Å²) in [7, 11) is 2.15. The van der Waals surface area contributed by atoms with Gasteiger partial charge in [-0.1, -0.05) is 24.7 Å². The first-order valence-electron chi connectivity index (χ1n) is 6.09. The summed E-state index contributed by atoms with van der Waals surface area (Å²) in [4.78, 5) is 6.97. The van der Waals surface area contributed by atoms with E-state index in [2.05, 4.69) is 23.0 Å². The molecule has 92 valence electrons. The summed E-state index contributed by atoms with van der Waals surface area (Å²) in [5.41, 5.74) is 7.57. The van der Waals surface area contributed by atoms with Gasteiger partial charge in [0.2, 0.25) is 0 Å². The number of hydrogen-bond donors (Lipinski definition) is 1. The highest BCUT2D eigenvalue weighted by molar-refractivity contribution is 7.80. The highest BCUT2D eigenvalue weighted by Crippen LogP contribution is 2.27. The molecule has 1 aromatic rings. The molecule has 3 nitrogen and oxygen atoms in total. The van der Waals surface area contributed by atoms with Gasteiger partial charge in [0.15, 0.2) is 0 Å². The van der Waals surface area contributed by atoms with Crippen LogP contribution in [0.3, 0.4) is 0 Å². The summed E-state index contributed by atoms with van der Waals surface area (Å²) in [6.07, 6.45) is 5.88. The van der Waals surface area contributed by atoms with Crippen molar-refractivity contribution in [2.75, 3.05) is 13.6 Å². The first-order chi connectivity index (χ1) is 8.16. The predicted molar refractivity (Wildman–Crippen MR) is 73.8 cm³/mol. The Kier molecular flexibility index (Phi) is 4.07. The molecule has 0 aromatic carbocycles. The molecule has 1 aromatic heterocycles. The summed E-state index contributed by atoms with van der Waals surface area (Å²) in [5, 5.41) is 0. The van der Waals surface area contributed by atoms with Gasteiger partial charge < -0.3 is 10.6 Å². The first-order valence-corrected chi connectivity index (χ1v) is 6.50. The van der Waals surface area contributed by atoms with Crippen LogP contribution in [0.1, 0.15) is 30.5 Å². The van der Waals surface area contributed by atoms with E-state index < -0.39 is 0 Å². The monoisotopic (exact) mass is 249 g/mol. The van der Waals surface area contributed by atoms with Crippen molar-refractivity contribution in [1.29, 1.82) is 0 Å². The van der Waals surface area contributed by atoms with Gasteiger partial charge in [-0.15, -0.1) is 0 Å². The van der Waals surface area contributed by atoms with E-state index in [9.17, 15) is 0 Å². The van der Waals surface area contributed by atoms with E-state index in [1.54, 1.807) is 6.20 Å². The Labute approximate surface area is 108 Å². The van der Waals surface area contributed by atoms with Crippen molar-refractivity contribution in [1.82, 2.24) is 9.88 Å². The Morgan fingerprint density at radius 1 is 1.59 bits per heavy atom. The van der Waals surface area contributed by atoms with E-state index in [-0.39, 0.29) is 0 Å². The molecule has 1 aliphatic carbocycles. The van der Waals surface area contributed by atoms with Crippen molar-refractivity contribution < 1.29 is 0 Å². The van der Waals surface area contributed by atoms with Crippen molar-refractivity contribution in [3.8, 4) is 0 Å². The van der Waals surface area contributed by atoms with Crippen LogP contribution in [0.15, 0.2) is 18.3 Å². The molecule has 1 aliphatic rings. The van der Waals surface area contributed by atoms with Gasteiger partial charge in [-0.25, -0.2) is 0 Å². The maximum absolute atomic E-state index is 5.68. The second-order valence-corrected chi connectivity index (χ2v) is 5.31. The Bertz CT molecular complexity index is 401. The molecule has 0 radical (unpaired) electrons. The maximum Gasteiger partial charge on any atom is 0.123 e. The molecule has 1 fully saturated rings. The first kappa shape index (κ1) is 12.5. The maximum atomic E-state index is 5.68. The predicted octanol–water partition coefficient (Wildman–Crippen LogP) is 1.95. The third kappa shape index (κ3) is 3.23. The van der Waals surface area contributed by atoms with E-state index in [1.807, 2.05) is 6.07 Å². The van der Waals surface area contributed by atoms with Crippen molar-refractivity contribution in [3.05, 3.63) is 29.6 Å². The number of rotatable bonds is 5. The third-order valence-corrected chi connectivity index (χ3v) is 3.55. The van der Waals surface area contributed by atoms with Crippen molar-refractivity contribution in [2.45, 2.75) is 25.8 Å². The standard InChI is InChI=1S/C13H19N3S/c1-16(8-10-4-2-5-10)9-11-6-3-7-15-12(11)13(14)17/h3,6-7,10H,2,4-5,8-9H2,1H3,(H2,14,17). The van der Waals surface area contributed by atoms with Gasteiger partial charge in [-0.3, -0.25) is 4.98 Å². The third-order valence-electron chi connectivity index (χ3n) is 3.36. The molecule has 0 aliphatic heterocycles. The number of hydrogen-bond acceptors (Lipinski definition) is 3. The van der Waals surface area contributed by atoms with Gasteiger partial charge in [0.05, 0.1) is 0 Å². The lowest BCUT2D eigenvalue weighted by molar-refractivity contribution is 0.200. The summed E-state index contributed by atoms with van der Waals surface area (Å²) in [5.74, 6) is 0.880. The van der Waals surface area contributed by atoms with E-state index in [4.69, 9.17) is 18.0 Å². The smallest absolute Gasteiger partial charge is 0.123 e. The Morgan fingerprint density at radius 3 is 2.94 bits per heavy atom. The van der Waals surface area contributed by atoms with Crippen LogP contribution in [0, 0.1) is 5.92 Å². The fraction of sp³-hybridized carbons (Fsp3) is 0.538. The van der Waals surface area contributed by atoms with Gasteiger partial charge in [-0.2, -0.15) is 0 Å². The fourth-order valence-corrected chi connectivity index (χ4v) is 2.44. The van der Waals surface area contributed by atoms with Gasteiger partial charge >= 0.3 is 0 Å². The molecule has 17 heavy (non-hydrogen) atoms. The van der Waals surface area contributed by atoms with Crippen molar-refractivity contribution >= 4 is 17.2 Å². The minimum absolute atomic E-state index is 0.387. The molecule has 0 atom stereocenters. The highest BCUT2D eigenvalue weighted by atomic mass is 32.1. The van der Waals surface area contributed by atoms with Crippen LogP contribution >= 0.6 is 12.2 Å². The average Bonchev–Trinajstić information content (AvgIpc) is 2.24. The van der Waals surface area contributed by atoms with Crippen LogP contribution in [-0.4, -0.2) is 28.5 Å². The van der Waals surface area contributed by atoms with E-state index in [0.717, 1.165) is 30.3 Å². The van der Waals surface area contributed by atoms with E-state index in [0.29, 0.717) is 4.99 Å². The molecule has 4 heteroatoms. The molecular formula is C13H19N3S. The van der Waals surface area contributed by atoms with Crippen LogP contribution < -0.4 is 5.73 Å². The van der Waals surface area contributed by atoms with Crippen LogP contribution in [0.4, 0.5) is 0 Å². The summed E-state index contributed by atoms with van der Waals surface area (Å²) in [6, 6.07) is 3.99. The fourth-order valence-electron chi connectivity index (χ4n) is 2.26. The van der Waals surface area contributed by atoms with Crippen molar-refractivity contribution in [3.63, 3.8) is 0 Å². The number of aromatic nitrogens is 1. The summed E-state index contributed by atoms with van der Waals surface area (Å²) >= 11 is 5.02. The molecule has 0 spiro atoms. The van der Waals surface area contributed by atoms with Crippen LogP contribution in [-0.2, 0) is 6.54 Å². The molecule has 1 saturated carbocycles. The second kappa shape index (κ2) is 5.56. The number of pyridine rings is 1. The number of nitrogens with zero attached hydrogens (tertiary/aromatic N) is 2. The van der Waals surface area contributed by atoms with E-state index >= 15 is 0 Å². The lowest BCUT2D eigenvalue weighted by Crippen LogP contribution is -2.30. The van der Waals surface area contributed by atoms with Crippen LogP contribution in [0.25, 0.3) is 0 Å². The molecule has 0 saturated heterocycles. The Balaban J connectivity index is 1.99. The minimum Gasteiger partial charge on any atom is -0.388 e. The molecule has 2 N–H and O–H groups in total. The normalized spacial score (nSPS) is 15.9. The van der Waals surface area contributed by atoms with Crippen molar-refractivity contribution in [2.24, 2.45) is 11.7 Å². The summed E-state index contributed by atoms with van der Waals surface area (Å²) < 4.78 is 0. The zero-order valence-corrected chi connectivity index (χ0v) is 11.0. The average molecular weight is 249 g/mol. The zero-order chi connectivity index (χ0) is 12.3. The number of nitrogens with two attached hydrogens (primary N) is 1. The highest BCUT2D eigenvalue weighted by Gasteiger charge is 2.19. The lowest BCUT2D eigenvalue weighted by Gasteiger charge is -2.30. The largest absolute Gasteiger partial charge is 0.388 e. The topological polar surface area (TPSA) is 42.2 Å². The minimum atomic E-state index is 0.387. The molecule has 2 rings (SSSR count). The lowest BCUT2D eigenvalue weighted by atomic mass is 9.85. The van der Waals surface area contributed by atoms with Gasteiger partial charge in [0, 0.05) is 19.3 Å².